The summed E-state index contributed by atoms with van der Waals surface area (Å²) in [6, 6.07) is 6.88. The molecule has 2 aliphatic rings. The van der Waals surface area contributed by atoms with Crippen LogP contribution in [-0.2, 0) is 4.79 Å². The highest BCUT2D eigenvalue weighted by Crippen LogP contribution is 2.38. The Kier molecular flexibility index (Phi) is 6.97. The van der Waals surface area contributed by atoms with Crippen LogP contribution < -0.4 is 16.0 Å². The predicted octanol–water partition coefficient (Wildman–Crippen LogP) is 4.83. The Labute approximate surface area is 208 Å². The Morgan fingerprint density at radius 2 is 1.92 bits per heavy atom. The van der Waals surface area contributed by atoms with Crippen LogP contribution in [0, 0.1) is 11.6 Å². The maximum absolute atomic E-state index is 14.5. The molecule has 7 nitrogen and oxygen atoms in total. The third-order valence-corrected chi connectivity index (χ3v) is 7.20. The average molecular weight is 494 g/mol. The summed E-state index contributed by atoms with van der Waals surface area (Å²) in [6.45, 7) is 0.686. The maximum atomic E-state index is 14.5. The molecule has 1 saturated carbocycles. The molecule has 9 heteroatoms. The summed E-state index contributed by atoms with van der Waals surface area (Å²) in [5, 5.41) is 3.09. The highest BCUT2D eigenvalue weighted by Gasteiger charge is 2.30. The fraction of sp³-hybridized carbons (Fsp3) is 0.370. The molecule has 5 rings (SSSR count). The van der Waals surface area contributed by atoms with Gasteiger partial charge in [-0.1, -0.05) is 0 Å². The molecular formula is C27H29F2N5O2. The smallest absolute Gasteiger partial charge is 0.255 e. The van der Waals surface area contributed by atoms with Crippen molar-refractivity contribution >= 4 is 17.2 Å². The summed E-state index contributed by atoms with van der Waals surface area (Å²) in [5.41, 5.74) is 7.69. The molecule has 0 bridgehead atoms. The van der Waals surface area contributed by atoms with Crippen molar-refractivity contribution in [3.63, 3.8) is 0 Å². The van der Waals surface area contributed by atoms with Crippen LogP contribution in [0.1, 0.15) is 67.6 Å². The number of carbonyl (C=O) groups excluding carboxylic acids is 1. The molecule has 1 saturated heterocycles. The normalized spacial score (nSPS) is 22.6. The number of hydrogen-bond acceptors (Lipinski definition) is 6. The summed E-state index contributed by atoms with van der Waals surface area (Å²) in [4.78, 5) is 23.8. The van der Waals surface area contributed by atoms with Crippen LogP contribution in [0.3, 0.4) is 0 Å². The number of nitrogens with one attached hydrogen (secondary N) is 1. The molecule has 0 unspecified atom stereocenters. The van der Waals surface area contributed by atoms with Gasteiger partial charge in [0.2, 0.25) is 0 Å². The van der Waals surface area contributed by atoms with Crippen molar-refractivity contribution in [3.05, 3.63) is 84.0 Å². The number of aromatic nitrogens is 2. The summed E-state index contributed by atoms with van der Waals surface area (Å²) in [6.07, 6.45) is 11.1. The fourth-order valence-electron chi connectivity index (χ4n) is 5.38. The number of oxazole rings is 1. The van der Waals surface area contributed by atoms with Crippen LogP contribution in [0.25, 0.3) is 5.57 Å². The molecule has 0 spiro atoms. The number of pyridine rings is 1. The largest absolute Gasteiger partial charge is 0.449 e. The number of halogens is 2. The standard InChI is InChI=1S/C27H29F2N5O2/c28-18-5-8-23(29)21(14-18)25-2-1-12-34(25)20-9-10-31-24(15-20)22(16-30)26(35)33-19-6-3-17(4-7-19)27-32-11-13-36-27/h5,8-11,13-17,19,25H,1-4,6-7,12,30H2,(H,33,35)/t17?,19?,25-/m1/s1. The second-order valence-electron chi connectivity index (χ2n) is 9.39. The molecule has 1 amide bonds. The minimum atomic E-state index is -0.465. The quantitative estimate of drug-likeness (QED) is 0.478. The number of nitrogens with zero attached hydrogens (tertiary/aromatic N) is 3. The number of hydrogen-bond donors (Lipinski definition) is 2. The van der Waals surface area contributed by atoms with Crippen molar-refractivity contribution in [1.82, 2.24) is 15.3 Å². The van der Waals surface area contributed by atoms with E-state index < -0.39 is 11.6 Å². The van der Waals surface area contributed by atoms with Crippen molar-refractivity contribution in [1.29, 1.82) is 0 Å². The third kappa shape index (κ3) is 4.96. The predicted molar refractivity (Wildman–Crippen MR) is 132 cm³/mol. The molecule has 3 heterocycles. The molecule has 1 atom stereocenters. The van der Waals surface area contributed by atoms with Gasteiger partial charge in [-0.05, 0) is 68.9 Å². The van der Waals surface area contributed by atoms with Gasteiger partial charge < -0.3 is 20.4 Å². The number of nitrogens with two attached hydrogens (primary N) is 1. The number of benzene rings is 1. The van der Waals surface area contributed by atoms with Crippen LogP contribution in [0.2, 0.25) is 0 Å². The van der Waals surface area contributed by atoms with E-state index in [-0.39, 0.29) is 29.5 Å². The minimum absolute atomic E-state index is 0.0285. The third-order valence-electron chi connectivity index (χ3n) is 7.20. The summed E-state index contributed by atoms with van der Waals surface area (Å²) < 4.78 is 33.8. The molecule has 1 aliphatic carbocycles. The first-order chi connectivity index (χ1) is 17.5. The lowest BCUT2D eigenvalue weighted by Gasteiger charge is -2.28. The molecule has 188 valence electrons. The molecular weight excluding hydrogens is 464 g/mol. The molecule has 0 radical (unpaired) electrons. The highest BCUT2D eigenvalue weighted by molar-refractivity contribution is 6.19. The van der Waals surface area contributed by atoms with Gasteiger partial charge in [-0.3, -0.25) is 9.78 Å². The summed E-state index contributed by atoms with van der Waals surface area (Å²) >= 11 is 0. The van der Waals surface area contributed by atoms with E-state index in [1.165, 1.54) is 12.3 Å². The SMILES string of the molecule is NC=C(C(=O)NC1CCC(c2ncco2)CC1)c1cc(N2CCC[C@@H]2c2cc(F)ccc2F)ccn1. The zero-order valence-corrected chi connectivity index (χ0v) is 19.9. The Balaban J connectivity index is 1.28. The van der Waals surface area contributed by atoms with Gasteiger partial charge >= 0.3 is 0 Å². The molecule has 3 N–H and O–H groups in total. The van der Waals surface area contributed by atoms with Gasteiger partial charge in [0.15, 0.2) is 5.89 Å². The lowest BCUT2D eigenvalue weighted by Crippen LogP contribution is -2.38. The lowest BCUT2D eigenvalue weighted by molar-refractivity contribution is -0.116. The number of rotatable bonds is 6. The monoisotopic (exact) mass is 493 g/mol. The molecule has 2 aromatic heterocycles. The zero-order chi connectivity index (χ0) is 25.1. The van der Waals surface area contributed by atoms with E-state index in [4.69, 9.17) is 10.2 Å². The van der Waals surface area contributed by atoms with Crippen molar-refractivity contribution in [2.75, 3.05) is 11.4 Å². The minimum Gasteiger partial charge on any atom is -0.449 e. The van der Waals surface area contributed by atoms with E-state index in [0.29, 0.717) is 24.2 Å². The van der Waals surface area contributed by atoms with Crippen molar-refractivity contribution < 1.29 is 18.0 Å². The van der Waals surface area contributed by atoms with Gasteiger partial charge in [0, 0.05) is 42.2 Å². The Hall–Kier alpha value is -3.75. The van der Waals surface area contributed by atoms with Crippen molar-refractivity contribution in [3.8, 4) is 0 Å². The van der Waals surface area contributed by atoms with Gasteiger partial charge in [-0.2, -0.15) is 0 Å². The molecule has 1 aliphatic heterocycles. The highest BCUT2D eigenvalue weighted by atomic mass is 19.1. The average Bonchev–Trinajstić information content (AvgIpc) is 3.59. The van der Waals surface area contributed by atoms with Gasteiger partial charge in [-0.25, -0.2) is 13.8 Å². The first-order valence-corrected chi connectivity index (χ1v) is 12.3. The van der Waals surface area contributed by atoms with E-state index in [9.17, 15) is 13.6 Å². The molecule has 1 aromatic carbocycles. The first-order valence-electron chi connectivity index (χ1n) is 12.3. The Morgan fingerprint density at radius 3 is 2.67 bits per heavy atom. The number of anilines is 1. The number of carbonyl (C=O) groups is 1. The molecule has 36 heavy (non-hydrogen) atoms. The maximum Gasteiger partial charge on any atom is 0.255 e. The van der Waals surface area contributed by atoms with Gasteiger partial charge in [-0.15, -0.1) is 0 Å². The second kappa shape index (κ2) is 10.5. The van der Waals surface area contributed by atoms with Crippen molar-refractivity contribution in [2.45, 2.75) is 56.5 Å². The summed E-state index contributed by atoms with van der Waals surface area (Å²) in [7, 11) is 0. The first kappa shape index (κ1) is 24.0. The van der Waals surface area contributed by atoms with E-state index >= 15 is 0 Å². The van der Waals surface area contributed by atoms with Crippen LogP contribution in [0.4, 0.5) is 14.5 Å². The number of amides is 1. The van der Waals surface area contributed by atoms with Crippen molar-refractivity contribution in [2.24, 2.45) is 5.73 Å². The molecule has 2 fully saturated rings. The van der Waals surface area contributed by atoms with Crippen LogP contribution >= 0.6 is 0 Å². The zero-order valence-electron chi connectivity index (χ0n) is 19.9. The van der Waals surface area contributed by atoms with E-state index in [2.05, 4.69) is 15.3 Å². The fourth-order valence-corrected chi connectivity index (χ4v) is 5.38. The van der Waals surface area contributed by atoms with E-state index in [1.54, 1.807) is 24.7 Å². The Morgan fingerprint density at radius 1 is 1.08 bits per heavy atom. The van der Waals surface area contributed by atoms with Gasteiger partial charge in [0.1, 0.15) is 17.9 Å². The van der Waals surface area contributed by atoms with Crippen LogP contribution in [0.15, 0.2) is 59.6 Å². The Bertz CT molecular complexity index is 1240. The van der Waals surface area contributed by atoms with Gasteiger partial charge in [0.25, 0.3) is 5.91 Å². The molecule has 3 aromatic rings. The lowest BCUT2D eigenvalue weighted by atomic mass is 9.86. The van der Waals surface area contributed by atoms with E-state index in [0.717, 1.165) is 55.8 Å². The second-order valence-corrected chi connectivity index (χ2v) is 9.39. The van der Waals surface area contributed by atoms with E-state index in [1.807, 2.05) is 11.0 Å². The van der Waals surface area contributed by atoms with Crippen LogP contribution in [-0.4, -0.2) is 28.5 Å². The topological polar surface area (TPSA) is 97.3 Å². The van der Waals surface area contributed by atoms with Gasteiger partial charge in [0.05, 0.1) is 23.5 Å². The summed E-state index contributed by atoms with van der Waals surface area (Å²) in [5.74, 6) is -0.153. The van der Waals surface area contributed by atoms with Crippen LogP contribution in [0.5, 0.6) is 0 Å².